The predicted molar refractivity (Wildman–Crippen MR) is 34.9 cm³/mol. The molecule has 0 fully saturated rings. The highest BCUT2D eigenvalue weighted by molar-refractivity contribution is 6.37. The van der Waals surface area contributed by atoms with Gasteiger partial charge < -0.3 is 0 Å². The first-order valence-corrected chi connectivity index (χ1v) is 2.98. The van der Waals surface area contributed by atoms with E-state index in [-0.39, 0.29) is 5.38 Å². The summed E-state index contributed by atoms with van der Waals surface area (Å²) in [7, 11) is 0. The van der Waals surface area contributed by atoms with Crippen molar-refractivity contribution in [3.8, 4) is 0 Å². The van der Waals surface area contributed by atoms with Gasteiger partial charge in [-0.2, -0.15) is 0 Å². The molecule has 0 aromatic carbocycles. The molecule has 0 radical (unpaired) electrons. The van der Waals surface area contributed by atoms with Crippen molar-refractivity contribution in [3.05, 3.63) is 11.6 Å². The zero-order valence-electron chi connectivity index (χ0n) is 4.25. The monoisotopic (exact) mass is 138 g/mol. The molecule has 7 heavy (non-hydrogen) atoms. The molecule has 0 N–H and O–H groups in total. The summed E-state index contributed by atoms with van der Waals surface area (Å²) in [5, 5.41) is 0.478. The molecule has 0 nitrogen and oxygen atoms in total. The fraction of sp³-hybridized carbons (Fsp3) is 0.600. The molecule has 0 aromatic heterocycles. The average Bonchev–Trinajstić information content (AvgIpc) is 1.65. The normalized spacial score (nSPS) is 13.6. The van der Waals surface area contributed by atoms with E-state index in [9.17, 15) is 0 Å². The molecule has 2 heteroatoms. The van der Waals surface area contributed by atoms with E-state index in [0.717, 1.165) is 6.42 Å². The van der Waals surface area contributed by atoms with Gasteiger partial charge in [0.25, 0.3) is 0 Å². The van der Waals surface area contributed by atoms with Crippen LogP contribution in [0.1, 0.15) is 13.3 Å². The first-order valence-electron chi connectivity index (χ1n) is 2.16. The molecule has 0 heterocycles. The lowest BCUT2D eigenvalue weighted by atomic mass is 10.3. The van der Waals surface area contributed by atoms with Crippen molar-refractivity contribution < 1.29 is 0 Å². The molecule has 0 amide bonds. The fourth-order valence-corrected chi connectivity index (χ4v) is 0.376. The Labute approximate surface area is 54.1 Å². The maximum absolute atomic E-state index is 5.57. The van der Waals surface area contributed by atoms with Crippen LogP contribution in [0.2, 0.25) is 0 Å². The summed E-state index contributed by atoms with van der Waals surface area (Å²) in [6.45, 7) is 5.42. The maximum atomic E-state index is 5.57. The molecule has 0 rings (SSSR count). The number of hydrogen-bond acceptors (Lipinski definition) is 0. The van der Waals surface area contributed by atoms with E-state index < -0.39 is 0 Å². The van der Waals surface area contributed by atoms with Crippen LogP contribution in [0.4, 0.5) is 0 Å². The molecule has 42 valence electrons. The van der Waals surface area contributed by atoms with Crippen molar-refractivity contribution in [2.24, 2.45) is 0 Å². The molecule has 0 aliphatic carbocycles. The second-order valence-corrected chi connectivity index (χ2v) is 2.33. The standard InChI is InChI=1S/C5H8Cl2/c1-3-5(7)4(2)6/h5H,2-3H2,1H3. The van der Waals surface area contributed by atoms with E-state index in [4.69, 9.17) is 23.2 Å². The highest BCUT2D eigenvalue weighted by Crippen LogP contribution is 2.14. The van der Waals surface area contributed by atoms with E-state index in [1.807, 2.05) is 6.92 Å². The van der Waals surface area contributed by atoms with E-state index in [1.165, 1.54) is 0 Å². The van der Waals surface area contributed by atoms with Crippen LogP contribution in [0.15, 0.2) is 11.6 Å². The Bertz CT molecular complexity index is 68.5. The van der Waals surface area contributed by atoms with Crippen molar-refractivity contribution in [2.45, 2.75) is 18.7 Å². The summed E-state index contributed by atoms with van der Waals surface area (Å²) in [4.78, 5) is 0. The lowest BCUT2D eigenvalue weighted by molar-refractivity contribution is 0.956. The lowest BCUT2D eigenvalue weighted by Gasteiger charge is -1.98. The molecule has 0 aliphatic heterocycles. The van der Waals surface area contributed by atoms with Gasteiger partial charge in [-0.15, -0.1) is 11.6 Å². The van der Waals surface area contributed by atoms with Crippen molar-refractivity contribution in [1.82, 2.24) is 0 Å². The van der Waals surface area contributed by atoms with Crippen LogP contribution >= 0.6 is 23.2 Å². The van der Waals surface area contributed by atoms with Gasteiger partial charge in [-0.3, -0.25) is 0 Å². The highest BCUT2D eigenvalue weighted by atomic mass is 35.5. The highest BCUT2D eigenvalue weighted by Gasteiger charge is 2.00. The summed E-state index contributed by atoms with van der Waals surface area (Å²) >= 11 is 11.0. The van der Waals surface area contributed by atoms with Crippen molar-refractivity contribution in [1.29, 1.82) is 0 Å². The zero-order chi connectivity index (χ0) is 5.86. The largest absolute Gasteiger partial charge is 0.117 e. The van der Waals surface area contributed by atoms with E-state index in [1.54, 1.807) is 0 Å². The Hall–Kier alpha value is 0.320. The van der Waals surface area contributed by atoms with E-state index in [0.29, 0.717) is 5.03 Å². The summed E-state index contributed by atoms with van der Waals surface area (Å²) in [5.74, 6) is 0. The van der Waals surface area contributed by atoms with Crippen LogP contribution < -0.4 is 0 Å². The fourth-order valence-electron chi connectivity index (χ4n) is 0.221. The Kier molecular flexibility index (Phi) is 3.49. The molecule has 0 aliphatic rings. The third kappa shape index (κ3) is 2.95. The molecule has 0 spiro atoms. The van der Waals surface area contributed by atoms with Gasteiger partial charge in [0.2, 0.25) is 0 Å². The summed E-state index contributed by atoms with van der Waals surface area (Å²) in [6.07, 6.45) is 0.851. The van der Waals surface area contributed by atoms with Gasteiger partial charge in [-0.05, 0) is 6.42 Å². The second kappa shape index (κ2) is 3.34. The molecular weight excluding hydrogens is 131 g/mol. The number of halogens is 2. The Morgan fingerprint density at radius 1 is 1.86 bits per heavy atom. The van der Waals surface area contributed by atoms with Crippen LogP contribution in [0, 0.1) is 0 Å². The number of hydrogen-bond donors (Lipinski definition) is 0. The average molecular weight is 139 g/mol. The lowest BCUT2D eigenvalue weighted by Crippen LogP contribution is -1.91. The molecule has 0 aromatic rings. The van der Waals surface area contributed by atoms with Crippen LogP contribution in [-0.4, -0.2) is 5.38 Å². The minimum absolute atomic E-state index is 0.0540. The minimum atomic E-state index is -0.0540. The van der Waals surface area contributed by atoms with Crippen molar-refractivity contribution in [3.63, 3.8) is 0 Å². The van der Waals surface area contributed by atoms with Gasteiger partial charge >= 0.3 is 0 Å². The van der Waals surface area contributed by atoms with E-state index >= 15 is 0 Å². The van der Waals surface area contributed by atoms with Gasteiger partial charge in [0.1, 0.15) is 0 Å². The van der Waals surface area contributed by atoms with E-state index in [2.05, 4.69) is 6.58 Å². The van der Waals surface area contributed by atoms with Gasteiger partial charge in [-0.25, -0.2) is 0 Å². The Balaban J connectivity index is 3.34. The SMILES string of the molecule is C=C(Cl)C(Cl)CC. The number of alkyl halides is 1. The molecule has 0 saturated carbocycles. The van der Waals surface area contributed by atoms with Gasteiger partial charge in [0.15, 0.2) is 0 Å². The van der Waals surface area contributed by atoms with Gasteiger partial charge in [0, 0.05) is 5.03 Å². The molecule has 0 bridgehead atoms. The third-order valence-electron chi connectivity index (χ3n) is 0.698. The van der Waals surface area contributed by atoms with Crippen LogP contribution in [0.3, 0.4) is 0 Å². The van der Waals surface area contributed by atoms with Crippen LogP contribution in [0.25, 0.3) is 0 Å². The topological polar surface area (TPSA) is 0 Å². The second-order valence-electron chi connectivity index (χ2n) is 1.32. The van der Waals surface area contributed by atoms with Crippen LogP contribution in [-0.2, 0) is 0 Å². The van der Waals surface area contributed by atoms with Gasteiger partial charge in [0.05, 0.1) is 5.38 Å². The summed E-state index contributed by atoms with van der Waals surface area (Å²) in [6, 6.07) is 0. The number of allylic oxidation sites excluding steroid dienone is 1. The molecule has 1 unspecified atom stereocenters. The Morgan fingerprint density at radius 3 is 2.29 bits per heavy atom. The number of rotatable bonds is 2. The quantitative estimate of drug-likeness (QED) is 0.516. The molecule has 1 atom stereocenters. The van der Waals surface area contributed by atoms with Gasteiger partial charge in [-0.1, -0.05) is 25.1 Å². The zero-order valence-corrected chi connectivity index (χ0v) is 5.76. The van der Waals surface area contributed by atoms with Crippen molar-refractivity contribution >= 4 is 23.2 Å². The maximum Gasteiger partial charge on any atom is 0.0683 e. The first kappa shape index (κ1) is 7.32. The summed E-state index contributed by atoms with van der Waals surface area (Å²) < 4.78 is 0. The minimum Gasteiger partial charge on any atom is -0.117 e. The third-order valence-corrected chi connectivity index (χ3v) is 1.65. The first-order chi connectivity index (χ1) is 3.18. The Morgan fingerprint density at radius 2 is 2.29 bits per heavy atom. The van der Waals surface area contributed by atoms with Crippen LogP contribution in [0.5, 0.6) is 0 Å². The molecule has 0 saturated heterocycles. The summed E-state index contributed by atoms with van der Waals surface area (Å²) in [5.41, 5.74) is 0. The molecular formula is C5H8Cl2. The van der Waals surface area contributed by atoms with Crippen molar-refractivity contribution in [2.75, 3.05) is 0 Å². The smallest absolute Gasteiger partial charge is 0.0683 e. The predicted octanol–water partition coefficient (Wildman–Crippen LogP) is 2.76.